The minimum atomic E-state index is -0.327. The monoisotopic (exact) mass is 450 g/mol. The van der Waals surface area contributed by atoms with Gasteiger partial charge in [0.05, 0.1) is 32.6 Å². The van der Waals surface area contributed by atoms with Crippen LogP contribution in [0.5, 0.6) is 17.2 Å². The molecule has 4 aromatic rings. The highest BCUT2D eigenvalue weighted by molar-refractivity contribution is 7.13. The standard InChI is InChI=1S/C23H22N4O4S/c1-27-20(25-22(28)16-9-6-10-19(30-3)21(16)31-4)12-17(26-27)23-24-18(13-32-23)14-7-5-8-15(11-14)29-2/h5-13H,1-4H3,(H,25,28). The van der Waals surface area contributed by atoms with Crippen LogP contribution < -0.4 is 19.5 Å². The van der Waals surface area contributed by atoms with Gasteiger partial charge >= 0.3 is 0 Å². The van der Waals surface area contributed by atoms with Gasteiger partial charge in [-0.2, -0.15) is 5.10 Å². The summed E-state index contributed by atoms with van der Waals surface area (Å²) < 4.78 is 17.5. The van der Waals surface area contributed by atoms with E-state index >= 15 is 0 Å². The topological polar surface area (TPSA) is 87.5 Å². The van der Waals surface area contributed by atoms with Gasteiger partial charge in [0.1, 0.15) is 22.3 Å². The Hall–Kier alpha value is -3.85. The fraction of sp³-hybridized carbons (Fsp3) is 0.174. The quantitative estimate of drug-likeness (QED) is 0.446. The van der Waals surface area contributed by atoms with E-state index in [0.29, 0.717) is 28.6 Å². The molecule has 2 aromatic carbocycles. The van der Waals surface area contributed by atoms with Gasteiger partial charge in [0.2, 0.25) is 0 Å². The molecular formula is C23H22N4O4S. The van der Waals surface area contributed by atoms with Crippen molar-refractivity contribution in [3.8, 4) is 39.2 Å². The molecule has 164 valence electrons. The molecule has 8 nitrogen and oxygen atoms in total. The summed E-state index contributed by atoms with van der Waals surface area (Å²) >= 11 is 1.48. The second-order valence-electron chi connectivity index (χ2n) is 6.80. The molecule has 4 rings (SSSR count). The van der Waals surface area contributed by atoms with Crippen molar-refractivity contribution in [1.29, 1.82) is 0 Å². The third-order valence-corrected chi connectivity index (χ3v) is 5.72. The molecule has 1 amide bonds. The molecule has 0 fully saturated rings. The van der Waals surface area contributed by atoms with Crippen molar-refractivity contribution in [1.82, 2.24) is 14.8 Å². The van der Waals surface area contributed by atoms with Gasteiger partial charge in [0.15, 0.2) is 11.5 Å². The van der Waals surface area contributed by atoms with E-state index in [-0.39, 0.29) is 5.91 Å². The van der Waals surface area contributed by atoms with Crippen LogP contribution in [0, 0.1) is 0 Å². The number of nitrogens with zero attached hydrogens (tertiary/aromatic N) is 3. The Morgan fingerprint density at radius 2 is 1.81 bits per heavy atom. The first-order valence-corrected chi connectivity index (χ1v) is 10.6. The van der Waals surface area contributed by atoms with Crippen LogP contribution in [0.3, 0.4) is 0 Å². The molecule has 0 atom stereocenters. The maximum absolute atomic E-state index is 12.9. The van der Waals surface area contributed by atoms with Gasteiger partial charge in [-0.25, -0.2) is 4.98 Å². The Balaban J connectivity index is 1.58. The number of ether oxygens (including phenoxy) is 3. The highest BCUT2D eigenvalue weighted by Crippen LogP contribution is 2.33. The number of aromatic nitrogens is 3. The molecule has 0 bridgehead atoms. The van der Waals surface area contributed by atoms with Crippen LogP contribution in [0.2, 0.25) is 0 Å². The third kappa shape index (κ3) is 4.15. The second kappa shape index (κ2) is 9.11. The van der Waals surface area contributed by atoms with Crippen molar-refractivity contribution in [2.45, 2.75) is 0 Å². The molecule has 0 unspecified atom stereocenters. The van der Waals surface area contributed by atoms with Crippen LogP contribution >= 0.6 is 11.3 Å². The number of nitrogens with one attached hydrogen (secondary N) is 1. The first-order valence-electron chi connectivity index (χ1n) is 9.70. The predicted octanol–water partition coefficient (Wildman–Crippen LogP) is 4.49. The largest absolute Gasteiger partial charge is 0.497 e. The molecule has 0 aliphatic rings. The lowest BCUT2D eigenvalue weighted by atomic mass is 10.1. The molecule has 0 radical (unpaired) electrons. The van der Waals surface area contributed by atoms with Crippen LogP contribution in [0.4, 0.5) is 5.82 Å². The average Bonchev–Trinajstić information content (AvgIpc) is 3.45. The molecule has 1 N–H and O–H groups in total. The SMILES string of the molecule is COc1cccc(-c2csc(-c3cc(NC(=O)c4cccc(OC)c4OC)n(C)n3)n2)c1. The van der Waals surface area contributed by atoms with Crippen LogP contribution in [0.1, 0.15) is 10.4 Å². The van der Waals surface area contributed by atoms with Gasteiger partial charge in [0.25, 0.3) is 5.91 Å². The summed E-state index contributed by atoms with van der Waals surface area (Å²) in [5, 5.41) is 10.1. The summed E-state index contributed by atoms with van der Waals surface area (Å²) in [4.78, 5) is 17.6. The maximum atomic E-state index is 12.9. The van der Waals surface area contributed by atoms with Gasteiger partial charge in [-0.1, -0.05) is 18.2 Å². The number of thiazole rings is 1. The summed E-state index contributed by atoms with van der Waals surface area (Å²) in [5.74, 6) is 1.84. The summed E-state index contributed by atoms with van der Waals surface area (Å²) in [6.07, 6.45) is 0. The molecule has 0 saturated heterocycles. The fourth-order valence-electron chi connectivity index (χ4n) is 3.24. The average molecular weight is 451 g/mol. The Labute approximate surface area is 189 Å². The lowest BCUT2D eigenvalue weighted by molar-refractivity contribution is 0.102. The Morgan fingerprint density at radius 3 is 2.56 bits per heavy atom. The number of rotatable bonds is 7. The van der Waals surface area contributed by atoms with E-state index in [1.165, 1.54) is 25.6 Å². The number of para-hydroxylation sites is 1. The second-order valence-corrected chi connectivity index (χ2v) is 7.66. The van der Waals surface area contributed by atoms with Gasteiger partial charge < -0.3 is 19.5 Å². The molecular weight excluding hydrogens is 428 g/mol. The van der Waals surface area contributed by atoms with Crippen LogP contribution in [-0.4, -0.2) is 42.0 Å². The normalized spacial score (nSPS) is 10.6. The van der Waals surface area contributed by atoms with E-state index in [4.69, 9.17) is 19.2 Å². The highest BCUT2D eigenvalue weighted by Gasteiger charge is 2.19. The highest BCUT2D eigenvalue weighted by atomic mass is 32.1. The summed E-state index contributed by atoms with van der Waals surface area (Å²) in [7, 11) is 6.43. The minimum absolute atomic E-state index is 0.327. The van der Waals surface area contributed by atoms with Crippen molar-refractivity contribution < 1.29 is 19.0 Å². The predicted molar refractivity (Wildman–Crippen MR) is 124 cm³/mol. The minimum Gasteiger partial charge on any atom is -0.497 e. The number of hydrogen-bond acceptors (Lipinski definition) is 7. The van der Waals surface area contributed by atoms with E-state index in [9.17, 15) is 4.79 Å². The van der Waals surface area contributed by atoms with Crippen LogP contribution in [0.25, 0.3) is 22.0 Å². The van der Waals surface area contributed by atoms with E-state index in [1.54, 1.807) is 43.1 Å². The molecule has 0 aliphatic heterocycles. The summed E-state index contributed by atoms with van der Waals surface area (Å²) in [6, 6.07) is 14.7. The number of benzene rings is 2. The van der Waals surface area contributed by atoms with E-state index in [1.807, 2.05) is 29.6 Å². The van der Waals surface area contributed by atoms with E-state index in [2.05, 4.69) is 10.4 Å². The van der Waals surface area contributed by atoms with Crippen molar-refractivity contribution >= 4 is 23.1 Å². The van der Waals surface area contributed by atoms with Crippen molar-refractivity contribution in [3.63, 3.8) is 0 Å². The molecule has 2 heterocycles. The van der Waals surface area contributed by atoms with Gasteiger partial charge in [0, 0.05) is 24.1 Å². The smallest absolute Gasteiger partial charge is 0.260 e. The van der Waals surface area contributed by atoms with Crippen LogP contribution in [0.15, 0.2) is 53.9 Å². The first-order chi connectivity index (χ1) is 15.5. The molecule has 0 saturated carbocycles. The number of carbonyl (C=O) groups is 1. The Kier molecular flexibility index (Phi) is 6.09. The lowest BCUT2D eigenvalue weighted by Gasteiger charge is -2.12. The molecule has 0 spiro atoms. The maximum Gasteiger partial charge on any atom is 0.260 e. The number of hydrogen-bond donors (Lipinski definition) is 1. The third-order valence-electron chi connectivity index (χ3n) is 4.86. The first kappa shape index (κ1) is 21.4. The summed E-state index contributed by atoms with van der Waals surface area (Å²) in [5.41, 5.74) is 2.83. The Morgan fingerprint density at radius 1 is 1.00 bits per heavy atom. The molecule has 0 aliphatic carbocycles. The van der Waals surface area contributed by atoms with Crippen molar-refractivity contribution in [2.75, 3.05) is 26.6 Å². The zero-order valence-electron chi connectivity index (χ0n) is 18.1. The van der Waals surface area contributed by atoms with Gasteiger partial charge in [-0.15, -0.1) is 11.3 Å². The summed E-state index contributed by atoms with van der Waals surface area (Å²) in [6.45, 7) is 0. The van der Waals surface area contributed by atoms with E-state index < -0.39 is 0 Å². The molecule has 2 aromatic heterocycles. The van der Waals surface area contributed by atoms with E-state index in [0.717, 1.165) is 22.0 Å². The van der Waals surface area contributed by atoms with Crippen molar-refractivity contribution in [2.24, 2.45) is 7.05 Å². The zero-order valence-corrected chi connectivity index (χ0v) is 18.9. The number of methoxy groups -OCH3 is 3. The lowest BCUT2D eigenvalue weighted by Crippen LogP contribution is -2.15. The Bertz CT molecular complexity index is 1260. The number of carbonyl (C=O) groups excluding carboxylic acids is 1. The van der Waals surface area contributed by atoms with Gasteiger partial charge in [-0.3, -0.25) is 9.48 Å². The number of amides is 1. The number of aryl methyl sites for hydroxylation is 1. The fourth-order valence-corrected chi connectivity index (χ4v) is 4.03. The van der Waals surface area contributed by atoms with Crippen LogP contribution in [-0.2, 0) is 7.05 Å². The zero-order chi connectivity index (χ0) is 22.7. The molecule has 32 heavy (non-hydrogen) atoms. The number of anilines is 1. The van der Waals surface area contributed by atoms with Gasteiger partial charge in [-0.05, 0) is 24.3 Å². The molecule has 9 heteroatoms. The van der Waals surface area contributed by atoms with Crippen molar-refractivity contribution in [3.05, 3.63) is 59.5 Å².